The average Bonchev–Trinajstić information content (AvgIpc) is 2.75. The molecular weight excluding hydrogens is 236 g/mol. The highest BCUT2D eigenvalue weighted by molar-refractivity contribution is 5.61. The SMILES string of the molecule is Cc1nc(-c2ccc(NCCC(C)(C)C)cc2)co1. The van der Waals surface area contributed by atoms with Crippen molar-refractivity contribution in [1.82, 2.24) is 4.98 Å². The number of hydrogen-bond acceptors (Lipinski definition) is 3. The quantitative estimate of drug-likeness (QED) is 0.877. The van der Waals surface area contributed by atoms with Crippen molar-refractivity contribution in [2.24, 2.45) is 5.41 Å². The lowest BCUT2D eigenvalue weighted by Gasteiger charge is -2.18. The first-order chi connectivity index (χ1) is 8.94. The summed E-state index contributed by atoms with van der Waals surface area (Å²) in [4.78, 5) is 4.32. The van der Waals surface area contributed by atoms with Crippen molar-refractivity contribution in [2.75, 3.05) is 11.9 Å². The second kappa shape index (κ2) is 5.47. The monoisotopic (exact) mass is 258 g/mol. The molecule has 1 aromatic heterocycles. The van der Waals surface area contributed by atoms with Crippen molar-refractivity contribution in [2.45, 2.75) is 34.1 Å². The minimum atomic E-state index is 0.366. The first kappa shape index (κ1) is 13.7. The second-order valence-electron chi connectivity index (χ2n) is 6.07. The summed E-state index contributed by atoms with van der Waals surface area (Å²) in [5.41, 5.74) is 3.48. The molecule has 0 saturated heterocycles. The van der Waals surface area contributed by atoms with Gasteiger partial charge in [0.05, 0.1) is 0 Å². The number of hydrogen-bond donors (Lipinski definition) is 1. The van der Waals surface area contributed by atoms with Crippen molar-refractivity contribution in [1.29, 1.82) is 0 Å². The first-order valence-corrected chi connectivity index (χ1v) is 6.70. The summed E-state index contributed by atoms with van der Waals surface area (Å²) in [6.45, 7) is 9.61. The Morgan fingerprint density at radius 2 is 1.84 bits per heavy atom. The van der Waals surface area contributed by atoms with Crippen molar-refractivity contribution in [3.63, 3.8) is 0 Å². The van der Waals surface area contributed by atoms with Gasteiger partial charge in [-0.2, -0.15) is 0 Å². The third-order valence-corrected chi connectivity index (χ3v) is 3.00. The van der Waals surface area contributed by atoms with E-state index in [4.69, 9.17) is 4.42 Å². The standard InChI is InChI=1S/C16H22N2O/c1-12-18-15(11-19-12)13-5-7-14(8-6-13)17-10-9-16(2,3)4/h5-8,11,17H,9-10H2,1-4H3. The maximum absolute atomic E-state index is 5.22. The van der Waals surface area contributed by atoms with Crippen LogP contribution in [0.25, 0.3) is 11.3 Å². The summed E-state index contributed by atoms with van der Waals surface area (Å²) in [7, 11) is 0. The maximum atomic E-state index is 5.22. The number of nitrogens with one attached hydrogen (secondary N) is 1. The van der Waals surface area contributed by atoms with Crippen LogP contribution in [0.5, 0.6) is 0 Å². The third kappa shape index (κ3) is 4.12. The molecule has 1 N–H and O–H groups in total. The van der Waals surface area contributed by atoms with E-state index in [1.54, 1.807) is 6.26 Å². The van der Waals surface area contributed by atoms with Gasteiger partial charge in [0, 0.05) is 24.7 Å². The Labute approximate surface area is 115 Å². The molecule has 0 spiro atoms. The van der Waals surface area contributed by atoms with Crippen molar-refractivity contribution < 1.29 is 4.42 Å². The van der Waals surface area contributed by atoms with E-state index in [1.165, 1.54) is 0 Å². The number of oxazole rings is 1. The van der Waals surface area contributed by atoms with Crippen LogP contribution in [0, 0.1) is 12.3 Å². The number of anilines is 1. The molecule has 0 aliphatic carbocycles. The molecule has 0 aliphatic heterocycles. The lowest BCUT2D eigenvalue weighted by atomic mass is 9.92. The predicted octanol–water partition coefficient (Wildman–Crippen LogP) is 4.50. The van der Waals surface area contributed by atoms with Gasteiger partial charge in [-0.1, -0.05) is 32.9 Å². The molecule has 2 aromatic rings. The Morgan fingerprint density at radius 3 is 2.37 bits per heavy atom. The molecule has 0 aliphatic rings. The number of nitrogens with zero attached hydrogens (tertiary/aromatic N) is 1. The Hall–Kier alpha value is -1.77. The van der Waals surface area contributed by atoms with Crippen molar-refractivity contribution in [3.8, 4) is 11.3 Å². The molecule has 2 rings (SSSR count). The van der Waals surface area contributed by atoms with E-state index in [0.29, 0.717) is 11.3 Å². The molecule has 0 atom stereocenters. The van der Waals surface area contributed by atoms with Gasteiger partial charge in [-0.05, 0) is 24.0 Å². The summed E-state index contributed by atoms with van der Waals surface area (Å²) in [5, 5.41) is 3.44. The Kier molecular flexibility index (Phi) is 3.93. The summed E-state index contributed by atoms with van der Waals surface area (Å²) < 4.78 is 5.22. The van der Waals surface area contributed by atoms with Crippen LogP contribution in [0.3, 0.4) is 0 Å². The molecular formula is C16H22N2O. The van der Waals surface area contributed by atoms with Crippen LogP contribution >= 0.6 is 0 Å². The first-order valence-electron chi connectivity index (χ1n) is 6.70. The fourth-order valence-electron chi connectivity index (χ4n) is 1.84. The van der Waals surface area contributed by atoms with Crippen LogP contribution in [0.2, 0.25) is 0 Å². The van der Waals surface area contributed by atoms with Gasteiger partial charge in [-0.25, -0.2) is 4.98 Å². The van der Waals surface area contributed by atoms with E-state index in [-0.39, 0.29) is 0 Å². The zero-order valence-corrected chi connectivity index (χ0v) is 12.2. The van der Waals surface area contributed by atoms with E-state index in [1.807, 2.05) is 6.92 Å². The van der Waals surface area contributed by atoms with Gasteiger partial charge in [-0.3, -0.25) is 0 Å². The highest BCUT2D eigenvalue weighted by atomic mass is 16.3. The highest BCUT2D eigenvalue weighted by Gasteiger charge is 2.09. The van der Waals surface area contributed by atoms with Gasteiger partial charge in [-0.15, -0.1) is 0 Å². The lowest BCUT2D eigenvalue weighted by molar-refractivity contribution is 0.390. The lowest BCUT2D eigenvalue weighted by Crippen LogP contribution is -2.12. The normalized spacial score (nSPS) is 11.6. The minimum Gasteiger partial charge on any atom is -0.449 e. The van der Waals surface area contributed by atoms with E-state index < -0.39 is 0 Å². The van der Waals surface area contributed by atoms with Crippen molar-refractivity contribution in [3.05, 3.63) is 36.4 Å². The summed E-state index contributed by atoms with van der Waals surface area (Å²) in [5.74, 6) is 0.697. The third-order valence-electron chi connectivity index (χ3n) is 3.00. The molecule has 0 amide bonds. The number of aryl methyl sites for hydroxylation is 1. The molecule has 0 unspecified atom stereocenters. The number of rotatable bonds is 4. The molecule has 3 heteroatoms. The van der Waals surface area contributed by atoms with E-state index in [0.717, 1.165) is 29.9 Å². The molecule has 0 radical (unpaired) electrons. The van der Waals surface area contributed by atoms with Gasteiger partial charge in [0.25, 0.3) is 0 Å². The topological polar surface area (TPSA) is 38.1 Å². The molecule has 3 nitrogen and oxygen atoms in total. The molecule has 102 valence electrons. The number of aromatic nitrogens is 1. The Morgan fingerprint density at radius 1 is 1.16 bits per heavy atom. The Balaban J connectivity index is 1.95. The van der Waals surface area contributed by atoms with E-state index >= 15 is 0 Å². The van der Waals surface area contributed by atoms with Gasteiger partial charge in [0.15, 0.2) is 5.89 Å². The molecule has 19 heavy (non-hydrogen) atoms. The van der Waals surface area contributed by atoms with E-state index in [2.05, 4.69) is 55.3 Å². The van der Waals surface area contributed by atoms with Crippen molar-refractivity contribution >= 4 is 5.69 Å². The van der Waals surface area contributed by atoms with Crippen LogP contribution in [0.1, 0.15) is 33.1 Å². The fourth-order valence-corrected chi connectivity index (χ4v) is 1.84. The zero-order chi connectivity index (χ0) is 13.9. The summed E-state index contributed by atoms with van der Waals surface area (Å²) in [6, 6.07) is 8.30. The van der Waals surface area contributed by atoms with Crippen LogP contribution in [0.15, 0.2) is 34.9 Å². The van der Waals surface area contributed by atoms with Crippen LogP contribution < -0.4 is 5.32 Å². The summed E-state index contributed by atoms with van der Waals surface area (Å²) >= 11 is 0. The highest BCUT2D eigenvalue weighted by Crippen LogP contribution is 2.22. The number of benzene rings is 1. The zero-order valence-electron chi connectivity index (χ0n) is 12.2. The van der Waals surface area contributed by atoms with Crippen LogP contribution in [0.4, 0.5) is 5.69 Å². The van der Waals surface area contributed by atoms with Gasteiger partial charge < -0.3 is 9.73 Å². The fraction of sp³-hybridized carbons (Fsp3) is 0.438. The Bertz CT molecular complexity index is 520. The smallest absolute Gasteiger partial charge is 0.191 e. The largest absolute Gasteiger partial charge is 0.449 e. The maximum Gasteiger partial charge on any atom is 0.191 e. The van der Waals surface area contributed by atoms with Crippen LogP contribution in [-0.4, -0.2) is 11.5 Å². The van der Waals surface area contributed by atoms with Gasteiger partial charge in [0.1, 0.15) is 12.0 Å². The molecule has 0 bridgehead atoms. The molecule has 1 aromatic carbocycles. The predicted molar refractivity (Wildman–Crippen MR) is 79.2 cm³/mol. The molecule has 0 saturated carbocycles. The average molecular weight is 258 g/mol. The van der Waals surface area contributed by atoms with E-state index in [9.17, 15) is 0 Å². The van der Waals surface area contributed by atoms with Gasteiger partial charge in [0.2, 0.25) is 0 Å². The van der Waals surface area contributed by atoms with Crippen LogP contribution in [-0.2, 0) is 0 Å². The van der Waals surface area contributed by atoms with Gasteiger partial charge >= 0.3 is 0 Å². The summed E-state index contributed by atoms with van der Waals surface area (Å²) in [6.07, 6.45) is 2.84. The minimum absolute atomic E-state index is 0.366. The molecule has 1 heterocycles. The second-order valence-corrected chi connectivity index (χ2v) is 6.07. The molecule has 0 fully saturated rings.